The van der Waals surface area contributed by atoms with Gasteiger partial charge in [-0.3, -0.25) is 0 Å². The van der Waals surface area contributed by atoms with Gasteiger partial charge in [-0.25, -0.2) is 15.0 Å². The van der Waals surface area contributed by atoms with Crippen LogP contribution >= 0.6 is 11.3 Å². The first-order chi connectivity index (χ1) is 25.7. The van der Waals surface area contributed by atoms with Crippen molar-refractivity contribution in [2.24, 2.45) is 5.92 Å². The molecule has 52 heavy (non-hydrogen) atoms. The molecule has 2 unspecified atom stereocenters. The van der Waals surface area contributed by atoms with Crippen molar-refractivity contribution in [3.05, 3.63) is 155 Å². The summed E-state index contributed by atoms with van der Waals surface area (Å²) in [6.07, 6.45) is 12.7. The maximum Gasteiger partial charge on any atom is 0.165 e. The Morgan fingerprint density at radius 1 is 0.750 bits per heavy atom. The summed E-state index contributed by atoms with van der Waals surface area (Å²) in [6, 6.07) is 32.2. The normalized spacial score (nSPS) is 19.6. The van der Waals surface area contributed by atoms with Gasteiger partial charge in [-0.2, -0.15) is 0 Å². The number of fused-ring (bicyclic) bond motifs is 9. The van der Waals surface area contributed by atoms with Crippen molar-refractivity contribution in [2.45, 2.75) is 51.4 Å². The van der Waals surface area contributed by atoms with Crippen molar-refractivity contribution in [3.63, 3.8) is 0 Å². The van der Waals surface area contributed by atoms with Crippen molar-refractivity contribution in [1.29, 1.82) is 0 Å². The highest BCUT2D eigenvalue weighted by Crippen LogP contribution is 2.50. The Kier molecular flexibility index (Phi) is 6.78. The molecule has 1 aliphatic heterocycles. The SMILES string of the molecule is CC1CCCC=C1c1nc(C2=C(C3=CC=C4Oc5ccccc5C4C3)CCc3oc4ccccc4c32)nc(-c2ccc3sc4ccccc4c3c2)n1. The van der Waals surface area contributed by atoms with Crippen molar-refractivity contribution in [1.82, 2.24) is 15.0 Å². The number of benzene rings is 4. The lowest BCUT2D eigenvalue weighted by Gasteiger charge is -2.26. The third-order valence-corrected chi connectivity index (χ3v) is 12.6. The Balaban J connectivity index is 1.15. The first kappa shape index (κ1) is 30.1. The van der Waals surface area contributed by atoms with Gasteiger partial charge in [0.2, 0.25) is 0 Å². The van der Waals surface area contributed by atoms with Crippen molar-refractivity contribution in [3.8, 4) is 17.1 Å². The predicted octanol–water partition coefficient (Wildman–Crippen LogP) is 12.0. The summed E-state index contributed by atoms with van der Waals surface area (Å²) in [5.41, 5.74) is 9.15. The summed E-state index contributed by atoms with van der Waals surface area (Å²) in [6.45, 7) is 2.31. The number of hydrogen-bond donors (Lipinski definition) is 0. The maximum atomic E-state index is 6.59. The molecule has 0 fully saturated rings. The molecule has 4 aliphatic rings. The number of furan rings is 1. The molecule has 6 heteroatoms. The van der Waals surface area contributed by atoms with E-state index >= 15 is 0 Å². The number of ether oxygens (including phenoxy) is 1. The van der Waals surface area contributed by atoms with E-state index in [9.17, 15) is 0 Å². The van der Waals surface area contributed by atoms with Crippen LogP contribution in [0.3, 0.4) is 0 Å². The summed E-state index contributed by atoms with van der Waals surface area (Å²) in [7, 11) is 0. The van der Waals surface area contributed by atoms with Gasteiger partial charge < -0.3 is 9.15 Å². The zero-order valence-corrected chi connectivity index (χ0v) is 29.7. The van der Waals surface area contributed by atoms with Crippen LogP contribution in [0.4, 0.5) is 0 Å². The smallest absolute Gasteiger partial charge is 0.165 e. The highest BCUT2D eigenvalue weighted by Gasteiger charge is 2.36. The van der Waals surface area contributed by atoms with Gasteiger partial charge in [0.15, 0.2) is 17.5 Å². The van der Waals surface area contributed by atoms with Crippen LogP contribution in [-0.2, 0) is 6.42 Å². The van der Waals surface area contributed by atoms with Gasteiger partial charge in [-0.05, 0) is 97.2 Å². The second-order valence-electron chi connectivity index (χ2n) is 14.5. The molecule has 0 amide bonds. The van der Waals surface area contributed by atoms with E-state index < -0.39 is 0 Å². The minimum Gasteiger partial charge on any atom is -0.461 e. The number of nitrogens with zero attached hydrogens (tertiary/aromatic N) is 3. The summed E-state index contributed by atoms with van der Waals surface area (Å²) in [4.78, 5) is 16.2. The van der Waals surface area contributed by atoms with Crippen LogP contribution in [0.5, 0.6) is 5.75 Å². The zero-order chi connectivity index (χ0) is 34.3. The number of aryl methyl sites for hydroxylation is 1. The summed E-state index contributed by atoms with van der Waals surface area (Å²) in [5.74, 6) is 5.77. The van der Waals surface area contributed by atoms with Crippen LogP contribution in [0.25, 0.3) is 53.7 Å². The van der Waals surface area contributed by atoms with E-state index in [0.717, 1.165) is 88.7 Å². The lowest BCUT2D eigenvalue weighted by molar-refractivity contribution is 0.423. The van der Waals surface area contributed by atoms with E-state index in [1.54, 1.807) is 0 Å². The first-order valence-corrected chi connectivity index (χ1v) is 19.3. The number of thiophene rings is 1. The average Bonchev–Trinajstić information content (AvgIpc) is 3.88. The Bertz CT molecular complexity index is 2760. The molecule has 0 saturated carbocycles. The molecule has 3 aliphatic carbocycles. The van der Waals surface area contributed by atoms with Gasteiger partial charge in [0.25, 0.3) is 0 Å². The van der Waals surface area contributed by atoms with Crippen molar-refractivity contribution >= 4 is 53.6 Å². The number of rotatable bonds is 4. The van der Waals surface area contributed by atoms with Crippen LogP contribution in [0.2, 0.25) is 0 Å². The van der Waals surface area contributed by atoms with Crippen LogP contribution in [0, 0.1) is 5.92 Å². The highest BCUT2D eigenvalue weighted by atomic mass is 32.1. The largest absolute Gasteiger partial charge is 0.461 e. The Hall–Kier alpha value is -5.59. The van der Waals surface area contributed by atoms with E-state index in [1.165, 1.54) is 48.9 Å². The lowest BCUT2D eigenvalue weighted by atomic mass is 9.78. The zero-order valence-electron chi connectivity index (χ0n) is 28.9. The number of para-hydroxylation sites is 2. The molecule has 2 atom stereocenters. The average molecular weight is 694 g/mol. The molecule has 7 aromatic rings. The van der Waals surface area contributed by atoms with E-state index in [2.05, 4.69) is 116 Å². The van der Waals surface area contributed by atoms with Gasteiger partial charge >= 0.3 is 0 Å². The molecule has 4 aromatic carbocycles. The first-order valence-electron chi connectivity index (χ1n) is 18.5. The molecule has 252 valence electrons. The van der Waals surface area contributed by atoms with Crippen LogP contribution in [0.15, 0.2) is 131 Å². The molecule has 0 spiro atoms. The van der Waals surface area contributed by atoms with Gasteiger partial charge in [0, 0.05) is 60.2 Å². The van der Waals surface area contributed by atoms with Crippen molar-refractivity contribution < 1.29 is 9.15 Å². The van der Waals surface area contributed by atoms with Crippen LogP contribution in [0.1, 0.15) is 73.5 Å². The molecule has 11 rings (SSSR count). The van der Waals surface area contributed by atoms with E-state index in [4.69, 9.17) is 24.1 Å². The van der Waals surface area contributed by atoms with Gasteiger partial charge in [-0.1, -0.05) is 73.7 Å². The fourth-order valence-corrected chi connectivity index (χ4v) is 9.94. The number of hydrogen-bond acceptors (Lipinski definition) is 6. The highest BCUT2D eigenvalue weighted by molar-refractivity contribution is 7.25. The Morgan fingerprint density at radius 3 is 2.50 bits per heavy atom. The van der Waals surface area contributed by atoms with Crippen LogP contribution in [-0.4, -0.2) is 15.0 Å². The monoisotopic (exact) mass is 693 g/mol. The maximum absolute atomic E-state index is 6.59. The van der Waals surface area contributed by atoms with Crippen LogP contribution < -0.4 is 4.74 Å². The fourth-order valence-electron chi connectivity index (χ4n) is 8.86. The third kappa shape index (κ3) is 4.70. The topological polar surface area (TPSA) is 61.0 Å². The molecule has 5 nitrogen and oxygen atoms in total. The summed E-state index contributed by atoms with van der Waals surface area (Å²) >= 11 is 1.83. The number of aromatic nitrogens is 3. The molecule has 0 radical (unpaired) electrons. The van der Waals surface area contributed by atoms with Gasteiger partial charge in [-0.15, -0.1) is 11.3 Å². The molecular formula is C46H35N3O2S. The van der Waals surface area contributed by atoms with Gasteiger partial charge in [0.05, 0.1) is 0 Å². The Labute approximate surface area is 305 Å². The summed E-state index contributed by atoms with van der Waals surface area (Å²) in [5, 5.41) is 3.61. The molecule has 0 bridgehead atoms. The Morgan fingerprint density at radius 2 is 1.56 bits per heavy atom. The minimum atomic E-state index is 0.192. The molecule has 0 N–H and O–H groups in total. The van der Waals surface area contributed by atoms with E-state index in [-0.39, 0.29) is 5.92 Å². The predicted molar refractivity (Wildman–Crippen MR) is 210 cm³/mol. The second-order valence-corrected chi connectivity index (χ2v) is 15.6. The quantitative estimate of drug-likeness (QED) is 0.184. The molecule has 0 saturated heterocycles. The molecule has 3 aromatic heterocycles. The summed E-state index contributed by atoms with van der Waals surface area (Å²) < 4.78 is 15.5. The third-order valence-electron chi connectivity index (χ3n) is 11.4. The molecular weight excluding hydrogens is 659 g/mol. The minimum absolute atomic E-state index is 0.192. The lowest BCUT2D eigenvalue weighted by Crippen LogP contribution is -2.15. The number of allylic oxidation sites excluding steroid dienone is 7. The van der Waals surface area contributed by atoms with Crippen molar-refractivity contribution in [2.75, 3.05) is 0 Å². The molecule has 4 heterocycles. The van der Waals surface area contributed by atoms with E-state index in [1.807, 2.05) is 11.3 Å². The van der Waals surface area contributed by atoms with E-state index in [0.29, 0.717) is 11.7 Å². The standard InChI is InChI=1S/C46H35N3O2S/c1-26-10-2-3-11-29(26)45-47-44(28-19-23-41-35(25-28)32-13-6-9-17-40(32)52-41)48-46(49-45)43-30(20-22-39-42(43)33-14-5-8-16-37(33)51-39)27-18-21-38-34(24-27)31-12-4-7-15-36(31)50-38/h4-9,11-19,21,23,25-26,34H,2-3,10,20,22,24H2,1H3. The van der Waals surface area contributed by atoms with Gasteiger partial charge in [0.1, 0.15) is 22.9 Å². The fraction of sp³-hybridized carbons (Fsp3) is 0.196. The second kappa shape index (κ2) is 11.7.